The lowest BCUT2D eigenvalue weighted by Gasteiger charge is -2.16. The van der Waals surface area contributed by atoms with E-state index in [4.69, 9.17) is 9.47 Å². The van der Waals surface area contributed by atoms with Gasteiger partial charge >= 0.3 is 5.97 Å². The Morgan fingerprint density at radius 2 is 1.48 bits per heavy atom. The fraction of sp³-hybridized carbons (Fsp3) is 0.438. The summed E-state index contributed by atoms with van der Waals surface area (Å²) >= 11 is 0. The van der Waals surface area contributed by atoms with Gasteiger partial charge in [-0.05, 0) is 33.8 Å². The summed E-state index contributed by atoms with van der Waals surface area (Å²) in [6.07, 6.45) is -0.285. The summed E-state index contributed by atoms with van der Waals surface area (Å²) in [6, 6.07) is 2.41. The number of fused-ring (bicyclic) bond motifs is 1. The first kappa shape index (κ1) is 16.9. The van der Waals surface area contributed by atoms with E-state index in [0.29, 0.717) is 5.52 Å². The molecule has 0 saturated carbocycles. The minimum Gasteiger partial charge on any atom is -0.471 e. The van der Waals surface area contributed by atoms with Gasteiger partial charge in [0.25, 0.3) is 11.8 Å². The van der Waals surface area contributed by atoms with Crippen molar-refractivity contribution in [3.8, 4) is 11.8 Å². The lowest BCUT2D eigenvalue weighted by molar-refractivity contribution is 0.0595. The van der Waals surface area contributed by atoms with Crippen LogP contribution in [0.5, 0.6) is 11.8 Å². The van der Waals surface area contributed by atoms with E-state index < -0.39 is 11.8 Å². The van der Waals surface area contributed by atoms with Crippen LogP contribution in [0.25, 0.3) is 11.0 Å². The molecule has 0 aliphatic rings. The molecule has 0 aliphatic carbocycles. The Morgan fingerprint density at radius 1 is 1.00 bits per heavy atom. The predicted octanol–water partition coefficient (Wildman–Crippen LogP) is 3.13. The van der Waals surface area contributed by atoms with Crippen LogP contribution in [0, 0.1) is 5.82 Å². The number of carbonyl (C=O) groups excluding carboxylic acids is 1. The number of carbonyl (C=O) groups is 1. The number of rotatable bonds is 5. The Hall–Kier alpha value is -2.44. The number of esters is 1. The zero-order chi connectivity index (χ0) is 17.1. The summed E-state index contributed by atoms with van der Waals surface area (Å²) in [5.41, 5.74) is 0.378. The number of halogens is 1. The maximum absolute atomic E-state index is 14.0. The second-order valence-corrected chi connectivity index (χ2v) is 5.48. The molecular weight excluding hydrogens is 303 g/mol. The molecule has 23 heavy (non-hydrogen) atoms. The number of nitrogens with zero attached hydrogens (tertiary/aromatic N) is 2. The van der Waals surface area contributed by atoms with Gasteiger partial charge in [0.05, 0.1) is 35.9 Å². The van der Waals surface area contributed by atoms with Gasteiger partial charge in [0.2, 0.25) is 0 Å². The van der Waals surface area contributed by atoms with Crippen molar-refractivity contribution < 1.29 is 23.4 Å². The number of ether oxygens (including phenoxy) is 3. The molecule has 0 bridgehead atoms. The Labute approximate surface area is 133 Å². The molecule has 7 heteroatoms. The summed E-state index contributed by atoms with van der Waals surface area (Å²) in [5, 5.41) is 0. The summed E-state index contributed by atoms with van der Waals surface area (Å²) in [5.74, 6) is -1.12. The van der Waals surface area contributed by atoms with Crippen LogP contribution in [0.1, 0.15) is 38.1 Å². The highest BCUT2D eigenvalue weighted by Crippen LogP contribution is 2.29. The van der Waals surface area contributed by atoms with Crippen LogP contribution < -0.4 is 9.47 Å². The second kappa shape index (κ2) is 6.76. The molecule has 124 valence electrons. The smallest absolute Gasteiger partial charge is 0.340 e. The molecule has 0 amide bonds. The van der Waals surface area contributed by atoms with Gasteiger partial charge in [0.1, 0.15) is 5.82 Å². The van der Waals surface area contributed by atoms with E-state index in [-0.39, 0.29) is 35.0 Å². The van der Waals surface area contributed by atoms with Crippen molar-refractivity contribution in [3.63, 3.8) is 0 Å². The summed E-state index contributed by atoms with van der Waals surface area (Å²) in [6.45, 7) is 7.36. The summed E-state index contributed by atoms with van der Waals surface area (Å²) < 4.78 is 29.8. The first-order chi connectivity index (χ1) is 10.8. The van der Waals surface area contributed by atoms with Crippen LogP contribution >= 0.6 is 0 Å². The molecule has 0 aliphatic heterocycles. The molecule has 1 aromatic heterocycles. The highest BCUT2D eigenvalue weighted by molar-refractivity contribution is 5.94. The third-order valence-electron chi connectivity index (χ3n) is 2.79. The molecule has 6 nitrogen and oxygen atoms in total. The predicted molar refractivity (Wildman–Crippen MR) is 82.4 cm³/mol. The third kappa shape index (κ3) is 3.85. The first-order valence-corrected chi connectivity index (χ1v) is 7.24. The Morgan fingerprint density at radius 3 is 1.91 bits per heavy atom. The van der Waals surface area contributed by atoms with E-state index in [2.05, 4.69) is 14.7 Å². The van der Waals surface area contributed by atoms with Crippen LogP contribution in [0.3, 0.4) is 0 Å². The molecule has 0 N–H and O–H groups in total. The Kier molecular flexibility index (Phi) is 4.98. The van der Waals surface area contributed by atoms with Crippen molar-refractivity contribution in [2.75, 3.05) is 7.11 Å². The molecule has 1 heterocycles. The second-order valence-electron chi connectivity index (χ2n) is 5.48. The molecule has 0 spiro atoms. The van der Waals surface area contributed by atoms with Gasteiger partial charge in [-0.15, -0.1) is 0 Å². The highest BCUT2D eigenvalue weighted by Gasteiger charge is 2.19. The number of aromatic nitrogens is 2. The zero-order valence-corrected chi connectivity index (χ0v) is 13.7. The van der Waals surface area contributed by atoms with Crippen molar-refractivity contribution in [3.05, 3.63) is 23.5 Å². The van der Waals surface area contributed by atoms with Crippen molar-refractivity contribution in [1.82, 2.24) is 9.97 Å². The van der Waals surface area contributed by atoms with Gasteiger partial charge < -0.3 is 14.2 Å². The quantitative estimate of drug-likeness (QED) is 0.788. The van der Waals surface area contributed by atoms with Crippen LogP contribution in [0.2, 0.25) is 0 Å². The van der Waals surface area contributed by atoms with E-state index in [1.165, 1.54) is 13.2 Å². The molecule has 2 aromatic rings. The zero-order valence-electron chi connectivity index (χ0n) is 13.7. The van der Waals surface area contributed by atoms with E-state index in [0.717, 1.165) is 6.07 Å². The van der Waals surface area contributed by atoms with Gasteiger partial charge in [0.15, 0.2) is 0 Å². The van der Waals surface area contributed by atoms with Crippen molar-refractivity contribution in [2.45, 2.75) is 39.9 Å². The normalized spacial score (nSPS) is 11.1. The minimum absolute atomic E-state index is 0.142. The molecule has 0 fully saturated rings. The van der Waals surface area contributed by atoms with E-state index >= 15 is 0 Å². The van der Waals surface area contributed by atoms with E-state index in [9.17, 15) is 9.18 Å². The van der Waals surface area contributed by atoms with E-state index in [1.54, 1.807) is 0 Å². The SMILES string of the molecule is COC(=O)c1cc2nc(OC(C)C)c(OC(C)C)nc2cc1F. The standard InChI is InChI=1S/C16H19FN2O4/c1-8(2)22-14-15(23-9(3)4)19-13-7-11(17)10(16(20)21-5)6-12(13)18-14/h6-9H,1-5H3. The van der Waals surface area contributed by atoms with E-state index in [1.807, 2.05) is 27.7 Å². The largest absolute Gasteiger partial charge is 0.471 e. The minimum atomic E-state index is -0.778. The fourth-order valence-electron chi connectivity index (χ4n) is 1.91. The van der Waals surface area contributed by atoms with Crippen LogP contribution in [-0.4, -0.2) is 35.3 Å². The number of methoxy groups -OCH3 is 1. The van der Waals surface area contributed by atoms with Gasteiger partial charge in [-0.1, -0.05) is 0 Å². The maximum atomic E-state index is 14.0. The molecule has 1 aromatic carbocycles. The number of benzene rings is 1. The maximum Gasteiger partial charge on any atom is 0.340 e. The molecule has 0 atom stereocenters. The first-order valence-electron chi connectivity index (χ1n) is 7.24. The van der Waals surface area contributed by atoms with Crippen molar-refractivity contribution in [1.29, 1.82) is 0 Å². The molecule has 0 unspecified atom stereocenters. The lowest BCUT2D eigenvalue weighted by atomic mass is 10.2. The lowest BCUT2D eigenvalue weighted by Crippen LogP contribution is -2.13. The number of hydrogen-bond acceptors (Lipinski definition) is 6. The van der Waals surface area contributed by atoms with Crippen LogP contribution in [-0.2, 0) is 4.74 Å². The van der Waals surface area contributed by atoms with Gasteiger partial charge in [0, 0.05) is 6.07 Å². The average Bonchev–Trinajstić information content (AvgIpc) is 2.45. The van der Waals surface area contributed by atoms with Gasteiger partial charge in [-0.2, -0.15) is 0 Å². The van der Waals surface area contributed by atoms with Crippen LogP contribution in [0.15, 0.2) is 12.1 Å². The molecular formula is C16H19FN2O4. The third-order valence-corrected chi connectivity index (χ3v) is 2.79. The Bertz CT molecular complexity index is 732. The van der Waals surface area contributed by atoms with Gasteiger partial charge in [-0.3, -0.25) is 0 Å². The molecule has 2 rings (SSSR count). The summed E-state index contributed by atoms with van der Waals surface area (Å²) in [7, 11) is 1.19. The molecule has 0 saturated heterocycles. The van der Waals surface area contributed by atoms with Gasteiger partial charge in [-0.25, -0.2) is 19.2 Å². The van der Waals surface area contributed by atoms with Crippen LogP contribution in [0.4, 0.5) is 4.39 Å². The Balaban J connectivity index is 2.61. The summed E-state index contributed by atoms with van der Waals surface area (Å²) in [4.78, 5) is 20.1. The van der Waals surface area contributed by atoms with Crippen molar-refractivity contribution >= 4 is 17.0 Å². The fourth-order valence-corrected chi connectivity index (χ4v) is 1.91. The topological polar surface area (TPSA) is 70.5 Å². The van der Waals surface area contributed by atoms with Crippen molar-refractivity contribution in [2.24, 2.45) is 0 Å². The number of hydrogen-bond donors (Lipinski definition) is 0. The average molecular weight is 322 g/mol. The monoisotopic (exact) mass is 322 g/mol. The highest BCUT2D eigenvalue weighted by atomic mass is 19.1. The molecule has 0 radical (unpaired) electrons.